The number of hydrogen-bond acceptors (Lipinski definition) is 4. The third kappa shape index (κ3) is 2.40. The molecule has 16 heavy (non-hydrogen) atoms. The van der Waals surface area contributed by atoms with Crippen LogP contribution in [0.5, 0.6) is 11.5 Å². The SMILES string of the molecule is COc1cc(Br)c(F)c(CN=C=O)c1OC. The van der Waals surface area contributed by atoms with E-state index in [2.05, 4.69) is 20.9 Å². The monoisotopic (exact) mass is 289 g/mol. The van der Waals surface area contributed by atoms with Gasteiger partial charge in [0.05, 0.1) is 30.8 Å². The zero-order valence-electron chi connectivity index (χ0n) is 8.71. The number of rotatable bonds is 4. The molecule has 0 amide bonds. The molecule has 0 bridgehead atoms. The highest BCUT2D eigenvalue weighted by atomic mass is 79.9. The van der Waals surface area contributed by atoms with Crippen molar-refractivity contribution < 1.29 is 18.7 Å². The van der Waals surface area contributed by atoms with Crippen LogP contribution in [0.3, 0.4) is 0 Å². The molecule has 0 N–H and O–H groups in total. The van der Waals surface area contributed by atoms with Crippen LogP contribution in [0.4, 0.5) is 4.39 Å². The van der Waals surface area contributed by atoms with Crippen molar-refractivity contribution in [2.75, 3.05) is 14.2 Å². The van der Waals surface area contributed by atoms with E-state index in [0.717, 1.165) is 0 Å². The Morgan fingerprint density at radius 3 is 2.69 bits per heavy atom. The highest BCUT2D eigenvalue weighted by molar-refractivity contribution is 9.10. The Labute approximate surface area is 100 Å². The third-order valence-corrected chi connectivity index (χ3v) is 2.53. The van der Waals surface area contributed by atoms with Gasteiger partial charge in [-0.2, -0.15) is 0 Å². The van der Waals surface area contributed by atoms with Crippen molar-refractivity contribution in [3.63, 3.8) is 0 Å². The van der Waals surface area contributed by atoms with Gasteiger partial charge in [0.1, 0.15) is 5.82 Å². The van der Waals surface area contributed by atoms with Crippen molar-refractivity contribution in [1.29, 1.82) is 0 Å². The number of hydrogen-bond donors (Lipinski definition) is 0. The first-order chi connectivity index (χ1) is 7.65. The molecule has 0 unspecified atom stereocenters. The molecule has 1 rings (SSSR count). The largest absolute Gasteiger partial charge is 0.493 e. The van der Waals surface area contributed by atoms with Gasteiger partial charge in [-0.05, 0) is 15.9 Å². The molecule has 0 saturated heterocycles. The fourth-order valence-corrected chi connectivity index (χ4v) is 1.71. The molecule has 0 fully saturated rings. The maximum atomic E-state index is 13.7. The Kier molecular flexibility index (Phi) is 4.46. The second-order valence-electron chi connectivity index (χ2n) is 2.79. The van der Waals surface area contributed by atoms with Gasteiger partial charge in [0.25, 0.3) is 0 Å². The second kappa shape index (κ2) is 5.63. The molecule has 0 saturated carbocycles. The van der Waals surface area contributed by atoms with Crippen molar-refractivity contribution in [2.24, 2.45) is 4.99 Å². The minimum absolute atomic E-state index is 0.145. The van der Waals surface area contributed by atoms with Crippen LogP contribution >= 0.6 is 15.9 Å². The summed E-state index contributed by atoms with van der Waals surface area (Å²) >= 11 is 3.04. The Morgan fingerprint density at radius 2 is 2.19 bits per heavy atom. The number of halogens is 2. The lowest BCUT2D eigenvalue weighted by atomic mass is 10.1. The van der Waals surface area contributed by atoms with Gasteiger partial charge in [-0.25, -0.2) is 14.2 Å². The normalized spacial score (nSPS) is 9.50. The van der Waals surface area contributed by atoms with Crippen LogP contribution in [0, 0.1) is 5.82 Å². The van der Waals surface area contributed by atoms with Crippen LogP contribution in [-0.4, -0.2) is 20.3 Å². The minimum atomic E-state index is -0.531. The van der Waals surface area contributed by atoms with Gasteiger partial charge >= 0.3 is 0 Å². The minimum Gasteiger partial charge on any atom is -0.493 e. The van der Waals surface area contributed by atoms with Crippen LogP contribution in [0.2, 0.25) is 0 Å². The van der Waals surface area contributed by atoms with E-state index in [-0.39, 0.29) is 22.3 Å². The fraction of sp³-hybridized carbons (Fsp3) is 0.300. The molecule has 6 heteroatoms. The molecule has 0 aliphatic heterocycles. The summed E-state index contributed by atoms with van der Waals surface area (Å²) < 4.78 is 24.0. The number of aliphatic imine (C=N–C) groups is 1. The molecule has 0 radical (unpaired) electrons. The molecular formula is C10H9BrFNO3. The molecule has 86 valence electrons. The summed E-state index contributed by atoms with van der Waals surface area (Å²) in [4.78, 5) is 13.4. The average molecular weight is 290 g/mol. The van der Waals surface area contributed by atoms with Crippen LogP contribution in [0.25, 0.3) is 0 Å². The van der Waals surface area contributed by atoms with Gasteiger partial charge in [-0.15, -0.1) is 0 Å². The smallest absolute Gasteiger partial charge is 0.235 e. The van der Waals surface area contributed by atoms with Crippen LogP contribution in [0.1, 0.15) is 5.56 Å². The topological polar surface area (TPSA) is 47.9 Å². The zero-order valence-corrected chi connectivity index (χ0v) is 10.3. The molecule has 1 aromatic rings. The van der Waals surface area contributed by atoms with E-state index in [4.69, 9.17) is 9.47 Å². The first kappa shape index (κ1) is 12.7. The fourth-order valence-electron chi connectivity index (χ4n) is 1.26. The van der Waals surface area contributed by atoms with E-state index in [0.29, 0.717) is 5.75 Å². The number of benzene rings is 1. The van der Waals surface area contributed by atoms with Gasteiger partial charge < -0.3 is 9.47 Å². The standard InChI is InChI=1S/C10H9BrFNO3/c1-15-8-3-7(11)9(12)6(4-13-5-14)10(8)16-2/h3H,4H2,1-2H3. The number of isocyanates is 1. The van der Waals surface area contributed by atoms with Crippen LogP contribution in [0.15, 0.2) is 15.5 Å². The average Bonchev–Trinajstić information content (AvgIpc) is 2.30. The summed E-state index contributed by atoms with van der Waals surface area (Å²) in [5, 5.41) is 0. The summed E-state index contributed by atoms with van der Waals surface area (Å²) in [7, 11) is 2.83. The maximum absolute atomic E-state index is 13.7. The molecule has 0 heterocycles. The molecule has 0 atom stereocenters. The summed E-state index contributed by atoms with van der Waals surface area (Å²) in [6.07, 6.45) is 1.35. The van der Waals surface area contributed by atoms with E-state index < -0.39 is 5.82 Å². The van der Waals surface area contributed by atoms with E-state index in [9.17, 15) is 9.18 Å². The molecule has 4 nitrogen and oxygen atoms in total. The highest BCUT2D eigenvalue weighted by Crippen LogP contribution is 2.37. The van der Waals surface area contributed by atoms with Crippen LogP contribution in [-0.2, 0) is 11.3 Å². The molecule has 0 spiro atoms. The van der Waals surface area contributed by atoms with Gasteiger partial charge in [-0.3, -0.25) is 0 Å². The van der Waals surface area contributed by atoms with Crippen molar-refractivity contribution in [3.8, 4) is 11.5 Å². The molecule has 0 aliphatic carbocycles. The van der Waals surface area contributed by atoms with E-state index in [1.54, 1.807) is 0 Å². The number of carbonyl (C=O) groups excluding carboxylic acids is 1. The molecule has 0 aliphatic rings. The van der Waals surface area contributed by atoms with Crippen LogP contribution < -0.4 is 9.47 Å². The van der Waals surface area contributed by atoms with E-state index >= 15 is 0 Å². The molecule has 0 aromatic heterocycles. The Balaban J connectivity index is 3.39. The van der Waals surface area contributed by atoms with Crippen molar-refractivity contribution in [2.45, 2.75) is 6.54 Å². The van der Waals surface area contributed by atoms with E-state index in [1.165, 1.54) is 26.4 Å². The lowest BCUT2D eigenvalue weighted by Gasteiger charge is -2.13. The lowest BCUT2D eigenvalue weighted by Crippen LogP contribution is -1.99. The third-order valence-electron chi connectivity index (χ3n) is 1.96. The summed E-state index contributed by atoms with van der Waals surface area (Å²) in [5.41, 5.74) is 0.150. The highest BCUT2D eigenvalue weighted by Gasteiger charge is 2.18. The first-order valence-electron chi connectivity index (χ1n) is 4.28. The Hall–Kier alpha value is -1.39. The van der Waals surface area contributed by atoms with E-state index in [1.807, 2.05) is 0 Å². The predicted molar refractivity (Wildman–Crippen MR) is 59.0 cm³/mol. The molecule has 1 aromatic carbocycles. The van der Waals surface area contributed by atoms with Gasteiger partial charge in [0, 0.05) is 6.07 Å². The maximum Gasteiger partial charge on any atom is 0.235 e. The van der Waals surface area contributed by atoms with Crippen molar-refractivity contribution in [3.05, 3.63) is 21.9 Å². The summed E-state index contributed by atoms with van der Waals surface area (Å²) in [6, 6.07) is 1.45. The van der Waals surface area contributed by atoms with Crippen molar-refractivity contribution in [1.82, 2.24) is 0 Å². The number of methoxy groups -OCH3 is 2. The predicted octanol–water partition coefficient (Wildman–Crippen LogP) is 2.44. The second-order valence-corrected chi connectivity index (χ2v) is 3.65. The van der Waals surface area contributed by atoms with Crippen molar-refractivity contribution >= 4 is 22.0 Å². The quantitative estimate of drug-likeness (QED) is 0.632. The van der Waals surface area contributed by atoms with Gasteiger partial charge in [-0.1, -0.05) is 0 Å². The van der Waals surface area contributed by atoms with Gasteiger partial charge in [0.2, 0.25) is 6.08 Å². The number of ether oxygens (including phenoxy) is 2. The summed E-state index contributed by atoms with van der Waals surface area (Å²) in [5.74, 6) is 0.0609. The first-order valence-corrected chi connectivity index (χ1v) is 5.07. The zero-order chi connectivity index (χ0) is 12.1. The Morgan fingerprint density at radius 1 is 1.50 bits per heavy atom. The number of nitrogens with zero attached hydrogens (tertiary/aromatic N) is 1. The molecular weight excluding hydrogens is 281 g/mol. The summed E-state index contributed by atoms with van der Waals surface area (Å²) in [6.45, 7) is -0.145. The Bertz CT molecular complexity index is 444. The lowest BCUT2D eigenvalue weighted by molar-refractivity contribution is 0.347. The van der Waals surface area contributed by atoms with Gasteiger partial charge in [0.15, 0.2) is 11.5 Å².